The molecule has 0 spiro atoms. The maximum atomic E-state index is 10.6. The van der Waals surface area contributed by atoms with E-state index in [1.165, 1.54) is 6.21 Å². The van der Waals surface area contributed by atoms with Crippen LogP contribution in [0.25, 0.3) is 0 Å². The van der Waals surface area contributed by atoms with Crippen LogP contribution in [0.3, 0.4) is 0 Å². The van der Waals surface area contributed by atoms with Gasteiger partial charge in [-0.2, -0.15) is 0 Å². The Morgan fingerprint density at radius 3 is 2.80 bits per heavy atom. The van der Waals surface area contributed by atoms with Crippen molar-refractivity contribution in [3.8, 4) is 0 Å². The summed E-state index contributed by atoms with van der Waals surface area (Å²) in [7, 11) is 0. The second-order valence-electron chi connectivity index (χ2n) is 2.09. The summed E-state index contributed by atoms with van der Waals surface area (Å²) in [5.74, 6) is -0.200. The summed E-state index contributed by atoms with van der Waals surface area (Å²) in [6, 6.07) is 0. The minimum Gasteiger partial charge on any atom is -0.462 e. The average molecular weight is 143 g/mol. The van der Waals surface area contributed by atoms with E-state index < -0.39 is 0 Å². The number of rotatable bonds is 4. The molecule has 0 aromatic carbocycles. The number of nitrogens with one attached hydrogen (secondary N) is 1. The maximum Gasteiger partial charge on any atom is 0.305 e. The predicted molar refractivity (Wildman–Crippen MR) is 39.2 cm³/mol. The molecule has 0 radical (unpaired) electrons. The molecule has 0 bridgehead atoms. The molecule has 58 valence electrons. The standard InChI is InChI=1S/C7H13NO2/c1-3-7(9)10-6(2)4-5-8/h5-6,8H,3-4H2,1-2H3. The van der Waals surface area contributed by atoms with Gasteiger partial charge in [-0.05, 0) is 13.1 Å². The fourth-order valence-corrected chi connectivity index (χ4v) is 0.522. The Balaban J connectivity index is 3.46. The molecule has 0 aliphatic rings. The fraction of sp³-hybridized carbons (Fsp3) is 0.714. The summed E-state index contributed by atoms with van der Waals surface area (Å²) in [6.45, 7) is 3.53. The number of ether oxygens (including phenoxy) is 1. The molecule has 0 rings (SSSR count). The zero-order chi connectivity index (χ0) is 7.98. The SMILES string of the molecule is CCC(=O)OC(C)CC=N. The third-order valence-corrected chi connectivity index (χ3v) is 1.07. The summed E-state index contributed by atoms with van der Waals surface area (Å²) in [6.07, 6.45) is 2.01. The molecule has 10 heavy (non-hydrogen) atoms. The topological polar surface area (TPSA) is 50.2 Å². The van der Waals surface area contributed by atoms with E-state index in [0.29, 0.717) is 12.8 Å². The van der Waals surface area contributed by atoms with Gasteiger partial charge in [-0.3, -0.25) is 4.79 Å². The van der Waals surface area contributed by atoms with Crippen LogP contribution in [0.1, 0.15) is 26.7 Å². The van der Waals surface area contributed by atoms with Crippen LogP contribution in [-0.4, -0.2) is 18.3 Å². The molecule has 0 aliphatic heterocycles. The molecular formula is C7H13NO2. The van der Waals surface area contributed by atoms with E-state index in [1.54, 1.807) is 13.8 Å². The normalized spacial score (nSPS) is 12.2. The first-order chi connectivity index (χ1) is 4.70. The van der Waals surface area contributed by atoms with Crippen LogP contribution in [0.2, 0.25) is 0 Å². The second-order valence-corrected chi connectivity index (χ2v) is 2.09. The van der Waals surface area contributed by atoms with Crippen LogP contribution in [0.5, 0.6) is 0 Å². The molecule has 0 saturated heterocycles. The summed E-state index contributed by atoms with van der Waals surface area (Å²) in [5.41, 5.74) is 0. The molecule has 0 amide bonds. The largest absolute Gasteiger partial charge is 0.462 e. The number of hydrogen-bond donors (Lipinski definition) is 1. The molecule has 0 aromatic rings. The van der Waals surface area contributed by atoms with Gasteiger partial charge in [-0.1, -0.05) is 6.92 Å². The van der Waals surface area contributed by atoms with Gasteiger partial charge in [0.15, 0.2) is 0 Å². The van der Waals surface area contributed by atoms with Crippen molar-refractivity contribution in [2.75, 3.05) is 0 Å². The number of carbonyl (C=O) groups excluding carboxylic acids is 1. The van der Waals surface area contributed by atoms with E-state index in [2.05, 4.69) is 0 Å². The first kappa shape index (κ1) is 9.14. The molecule has 0 aromatic heterocycles. The van der Waals surface area contributed by atoms with Crippen LogP contribution in [-0.2, 0) is 9.53 Å². The van der Waals surface area contributed by atoms with Crippen molar-refractivity contribution < 1.29 is 9.53 Å². The van der Waals surface area contributed by atoms with E-state index in [-0.39, 0.29) is 12.1 Å². The zero-order valence-corrected chi connectivity index (χ0v) is 6.39. The Morgan fingerprint density at radius 2 is 2.40 bits per heavy atom. The van der Waals surface area contributed by atoms with Gasteiger partial charge in [-0.25, -0.2) is 0 Å². The smallest absolute Gasteiger partial charge is 0.305 e. The number of esters is 1. The molecule has 1 N–H and O–H groups in total. The van der Waals surface area contributed by atoms with E-state index in [9.17, 15) is 4.79 Å². The molecular weight excluding hydrogens is 130 g/mol. The Kier molecular flexibility index (Phi) is 4.54. The van der Waals surface area contributed by atoms with E-state index in [0.717, 1.165) is 0 Å². The van der Waals surface area contributed by atoms with E-state index in [1.807, 2.05) is 0 Å². The molecule has 3 nitrogen and oxygen atoms in total. The van der Waals surface area contributed by atoms with Gasteiger partial charge in [0.05, 0.1) is 0 Å². The third kappa shape index (κ3) is 4.06. The Bertz CT molecular complexity index is 123. The minimum absolute atomic E-state index is 0.148. The zero-order valence-electron chi connectivity index (χ0n) is 6.39. The van der Waals surface area contributed by atoms with Crippen LogP contribution in [0.4, 0.5) is 0 Å². The van der Waals surface area contributed by atoms with Crippen LogP contribution < -0.4 is 0 Å². The summed E-state index contributed by atoms with van der Waals surface area (Å²) < 4.78 is 4.85. The molecule has 3 heteroatoms. The highest BCUT2D eigenvalue weighted by Gasteiger charge is 2.04. The molecule has 1 unspecified atom stereocenters. The van der Waals surface area contributed by atoms with Crippen molar-refractivity contribution in [2.45, 2.75) is 32.8 Å². The van der Waals surface area contributed by atoms with Crippen LogP contribution >= 0.6 is 0 Å². The fourth-order valence-electron chi connectivity index (χ4n) is 0.522. The van der Waals surface area contributed by atoms with Gasteiger partial charge in [0.2, 0.25) is 0 Å². The Hall–Kier alpha value is -0.860. The van der Waals surface area contributed by atoms with Crippen LogP contribution in [0, 0.1) is 5.41 Å². The molecule has 1 atom stereocenters. The average Bonchev–Trinajstić information content (AvgIpc) is 1.88. The first-order valence-corrected chi connectivity index (χ1v) is 3.39. The van der Waals surface area contributed by atoms with Gasteiger partial charge >= 0.3 is 5.97 Å². The van der Waals surface area contributed by atoms with Crippen molar-refractivity contribution in [2.24, 2.45) is 0 Å². The van der Waals surface area contributed by atoms with Crippen molar-refractivity contribution in [3.05, 3.63) is 0 Å². The highest BCUT2D eigenvalue weighted by Crippen LogP contribution is 1.96. The second kappa shape index (κ2) is 4.97. The van der Waals surface area contributed by atoms with Gasteiger partial charge in [0.1, 0.15) is 6.10 Å². The molecule has 0 fully saturated rings. The van der Waals surface area contributed by atoms with Crippen molar-refractivity contribution in [3.63, 3.8) is 0 Å². The monoisotopic (exact) mass is 143 g/mol. The summed E-state index contributed by atoms with van der Waals surface area (Å²) >= 11 is 0. The van der Waals surface area contributed by atoms with Gasteiger partial charge < -0.3 is 10.1 Å². The lowest BCUT2D eigenvalue weighted by molar-refractivity contribution is -0.147. The lowest BCUT2D eigenvalue weighted by Crippen LogP contribution is -2.13. The lowest BCUT2D eigenvalue weighted by atomic mass is 10.3. The van der Waals surface area contributed by atoms with Gasteiger partial charge in [-0.15, -0.1) is 0 Å². The molecule has 0 saturated carbocycles. The summed E-state index contributed by atoms with van der Waals surface area (Å²) in [4.78, 5) is 10.6. The third-order valence-electron chi connectivity index (χ3n) is 1.07. The van der Waals surface area contributed by atoms with Crippen LogP contribution in [0.15, 0.2) is 0 Å². The van der Waals surface area contributed by atoms with Crippen molar-refractivity contribution in [1.82, 2.24) is 0 Å². The highest BCUT2D eigenvalue weighted by atomic mass is 16.5. The molecule has 0 heterocycles. The van der Waals surface area contributed by atoms with Gasteiger partial charge in [0, 0.05) is 12.8 Å². The van der Waals surface area contributed by atoms with Gasteiger partial charge in [0.25, 0.3) is 0 Å². The van der Waals surface area contributed by atoms with Crippen molar-refractivity contribution >= 4 is 12.2 Å². The van der Waals surface area contributed by atoms with E-state index >= 15 is 0 Å². The lowest BCUT2D eigenvalue weighted by Gasteiger charge is -2.08. The number of hydrogen-bond acceptors (Lipinski definition) is 3. The Labute approximate surface area is 60.9 Å². The quantitative estimate of drug-likeness (QED) is 0.477. The highest BCUT2D eigenvalue weighted by molar-refractivity contribution is 5.69. The predicted octanol–water partition coefficient (Wildman–Crippen LogP) is 1.37. The first-order valence-electron chi connectivity index (χ1n) is 3.39. The maximum absolute atomic E-state index is 10.6. The van der Waals surface area contributed by atoms with Crippen molar-refractivity contribution in [1.29, 1.82) is 5.41 Å². The molecule has 0 aliphatic carbocycles. The summed E-state index contributed by atoms with van der Waals surface area (Å²) in [5, 5.41) is 6.72. The van der Waals surface area contributed by atoms with E-state index in [4.69, 9.17) is 10.1 Å². The Morgan fingerprint density at radius 1 is 1.80 bits per heavy atom. The minimum atomic E-state index is -0.200. The number of carbonyl (C=O) groups is 1.